The number of hydrogen-bond acceptors (Lipinski definition) is 9. The molecule has 1 aliphatic rings. The Kier molecular flexibility index (Phi) is 7.35. The number of hydrogen-bond donors (Lipinski definition) is 2. The third-order valence-electron chi connectivity index (χ3n) is 3.63. The Morgan fingerprint density at radius 1 is 1.36 bits per heavy atom. The molecular weight excluding hydrogens is 348 g/mol. The summed E-state index contributed by atoms with van der Waals surface area (Å²) in [4.78, 5) is 28.5. The number of benzene rings is 1. The minimum atomic E-state index is -0.917. The molecule has 9 heteroatoms. The summed E-state index contributed by atoms with van der Waals surface area (Å²) >= 11 is 1.47. The lowest BCUT2D eigenvalue weighted by Gasteiger charge is -2.21. The van der Waals surface area contributed by atoms with Gasteiger partial charge in [0.15, 0.2) is 11.5 Å². The first-order chi connectivity index (χ1) is 12.0. The van der Waals surface area contributed by atoms with E-state index < -0.39 is 24.0 Å². The Morgan fingerprint density at radius 2 is 2.12 bits per heavy atom. The van der Waals surface area contributed by atoms with Gasteiger partial charge < -0.3 is 24.8 Å². The summed E-state index contributed by atoms with van der Waals surface area (Å²) in [5, 5.41) is 0. The molecule has 0 amide bonds. The zero-order chi connectivity index (χ0) is 18.2. The number of thioether (sulfide) groups is 1. The van der Waals surface area contributed by atoms with Gasteiger partial charge in [-0.25, -0.2) is 0 Å². The summed E-state index contributed by atoms with van der Waals surface area (Å²) in [5.74, 6) is 0.854. The first kappa shape index (κ1) is 19.4. The highest BCUT2D eigenvalue weighted by molar-refractivity contribution is 7.98. The molecule has 1 aliphatic heterocycles. The second-order valence-electron chi connectivity index (χ2n) is 5.39. The first-order valence-corrected chi connectivity index (χ1v) is 9.10. The first-order valence-electron chi connectivity index (χ1n) is 7.71. The summed E-state index contributed by atoms with van der Waals surface area (Å²) in [6, 6.07) is 4.08. The van der Waals surface area contributed by atoms with Crippen LogP contribution in [0.4, 0.5) is 0 Å². The van der Waals surface area contributed by atoms with Crippen molar-refractivity contribution in [3.8, 4) is 11.5 Å². The lowest BCUT2D eigenvalue weighted by Crippen LogP contribution is -2.52. The van der Waals surface area contributed by atoms with Crippen LogP contribution in [0, 0.1) is 0 Å². The molecule has 0 saturated heterocycles. The van der Waals surface area contributed by atoms with Crippen molar-refractivity contribution < 1.29 is 28.6 Å². The number of fused-ring (bicyclic) bond motifs is 1. The molecule has 8 nitrogen and oxygen atoms in total. The molecule has 1 heterocycles. The number of hydroxylamine groups is 1. The van der Waals surface area contributed by atoms with Gasteiger partial charge in [-0.3, -0.25) is 9.59 Å². The van der Waals surface area contributed by atoms with Crippen LogP contribution >= 0.6 is 11.8 Å². The summed E-state index contributed by atoms with van der Waals surface area (Å²) in [6.07, 6.45) is 2.53. The highest BCUT2D eigenvalue weighted by Crippen LogP contribution is 2.32. The van der Waals surface area contributed by atoms with Crippen LogP contribution < -0.4 is 20.7 Å². The highest BCUT2D eigenvalue weighted by atomic mass is 32.2. The number of esters is 1. The quantitative estimate of drug-likeness (QED) is 0.478. The molecule has 25 heavy (non-hydrogen) atoms. The van der Waals surface area contributed by atoms with E-state index in [0.29, 0.717) is 23.7 Å². The predicted molar refractivity (Wildman–Crippen MR) is 92.3 cm³/mol. The summed E-state index contributed by atoms with van der Waals surface area (Å²) in [7, 11) is 1.26. The highest BCUT2D eigenvalue weighted by Gasteiger charge is 2.26. The van der Waals surface area contributed by atoms with Crippen LogP contribution in [0.3, 0.4) is 0 Å². The molecule has 0 bridgehead atoms. The number of aryl methyl sites for hydroxylation is 1. The zero-order valence-electron chi connectivity index (χ0n) is 14.2. The number of rotatable bonds is 9. The van der Waals surface area contributed by atoms with Gasteiger partial charge >= 0.3 is 11.9 Å². The number of nitrogens with two attached hydrogens (primary N) is 1. The number of methoxy groups -OCH3 is 1. The molecule has 3 N–H and O–H groups in total. The maximum Gasteiger partial charge on any atom is 0.325 e. The number of carbonyl (C=O) groups is 2. The van der Waals surface area contributed by atoms with E-state index in [2.05, 4.69) is 10.2 Å². The Morgan fingerprint density at radius 3 is 2.84 bits per heavy atom. The van der Waals surface area contributed by atoms with Crippen molar-refractivity contribution in [2.45, 2.75) is 24.9 Å². The molecule has 0 fully saturated rings. The third-order valence-corrected chi connectivity index (χ3v) is 4.32. The van der Waals surface area contributed by atoms with Gasteiger partial charge in [0.2, 0.25) is 6.79 Å². The molecule has 0 spiro atoms. The van der Waals surface area contributed by atoms with Crippen LogP contribution in [0.1, 0.15) is 12.0 Å². The molecule has 0 radical (unpaired) electrons. The molecule has 0 aliphatic carbocycles. The SMILES string of the molecule is COC(=O)[C@@H](N)C(CSC)NOC(=O)CCc1ccc2c(c1)OCO2. The average Bonchev–Trinajstić information content (AvgIpc) is 3.09. The maximum absolute atomic E-state index is 11.9. The van der Waals surface area contributed by atoms with E-state index in [-0.39, 0.29) is 13.2 Å². The normalized spacial score (nSPS) is 14.7. The fraction of sp³-hybridized carbons (Fsp3) is 0.500. The molecule has 2 atom stereocenters. The molecule has 0 aromatic heterocycles. The Hall–Kier alpha value is -1.97. The van der Waals surface area contributed by atoms with Crippen LogP contribution in [-0.2, 0) is 25.6 Å². The minimum Gasteiger partial charge on any atom is -0.468 e. The molecule has 138 valence electrons. The second kappa shape index (κ2) is 9.50. The summed E-state index contributed by atoms with van der Waals surface area (Å²) < 4.78 is 15.2. The Bertz CT molecular complexity index is 612. The van der Waals surface area contributed by atoms with Crippen molar-refractivity contribution in [3.63, 3.8) is 0 Å². The largest absolute Gasteiger partial charge is 0.468 e. The van der Waals surface area contributed by atoms with E-state index in [4.69, 9.17) is 20.0 Å². The van der Waals surface area contributed by atoms with Crippen molar-refractivity contribution >= 4 is 23.7 Å². The zero-order valence-corrected chi connectivity index (χ0v) is 15.0. The van der Waals surface area contributed by atoms with Gasteiger partial charge in [0, 0.05) is 5.75 Å². The van der Waals surface area contributed by atoms with Crippen molar-refractivity contribution in [2.75, 3.05) is 25.9 Å². The molecule has 1 aromatic rings. The second-order valence-corrected chi connectivity index (χ2v) is 6.30. The van der Waals surface area contributed by atoms with Crippen LogP contribution in [-0.4, -0.2) is 49.9 Å². The van der Waals surface area contributed by atoms with Crippen molar-refractivity contribution in [1.82, 2.24) is 5.48 Å². The van der Waals surface area contributed by atoms with E-state index in [1.807, 2.05) is 24.5 Å². The molecule has 1 aromatic carbocycles. The van der Waals surface area contributed by atoms with Crippen molar-refractivity contribution in [2.24, 2.45) is 5.73 Å². The molecular formula is C16H22N2O6S. The van der Waals surface area contributed by atoms with Crippen molar-refractivity contribution in [1.29, 1.82) is 0 Å². The predicted octanol–water partition coefficient (Wildman–Crippen LogP) is 0.628. The fourth-order valence-corrected chi connectivity index (χ4v) is 2.86. The van der Waals surface area contributed by atoms with E-state index >= 15 is 0 Å². The number of carbonyl (C=O) groups excluding carboxylic acids is 2. The maximum atomic E-state index is 11.9. The summed E-state index contributed by atoms with van der Waals surface area (Å²) in [6.45, 7) is 0.210. The van der Waals surface area contributed by atoms with E-state index in [1.165, 1.54) is 18.9 Å². The smallest absolute Gasteiger partial charge is 0.325 e. The van der Waals surface area contributed by atoms with Gasteiger partial charge in [0.1, 0.15) is 6.04 Å². The van der Waals surface area contributed by atoms with E-state index in [9.17, 15) is 9.59 Å². The lowest BCUT2D eigenvalue weighted by atomic mass is 10.1. The lowest BCUT2D eigenvalue weighted by molar-refractivity contribution is -0.155. The van der Waals surface area contributed by atoms with E-state index in [0.717, 1.165) is 5.56 Å². The van der Waals surface area contributed by atoms with Gasteiger partial charge in [-0.2, -0.15) is 11.8 Å². The van der Waals surface area contributed by atoms with Gasteiger partial charge in [0.25, 0.3) is 0 Å². The van der Waals surface area contributed by atoms with Crippen LogP contribution in [0.2, 0.25) is 0 Å². The van der Waals surface area contributed by atoms with Gasteiger partial charge in [-0.1, -0.05) is 6.07 Å². The third kappa shape index (κ3) is 5.52. The van der Waals surface area contributed by atoms with Gasteiger partial charge in [-0.15, -0.1) is 5.48 Å². The van der Waals surface area contributed by atoms with Gasteiger partial charge in [-0.05, 0) is 30.4 Å². The van der Waals surface area contributed by atoms with Crippen LogP contribution in [0.15, 0.2) is 18.2 Å². The minimum absolute atomic E-state index is 0.173. The van der Waals surface area contributed by atoms with E-state index in [1.54, 1.807) is 0 Å². The molecule has 0 saturated carbocycles. The number of ether oxygens (including phenoxy) is 3. The van der Waals surface area contributed by atoms with Crippen molar-refractivity contribution in [3.05, 3.63) is 23.8 Å². The monoisotopic (exact) mass is 370 g/mol. The molecule has 2 rings (SSSR count). The number of nitrogens with one attached hydrogen (secondary N) is 1. The topological polar surface area (TPSA) is 109 Å². The van der Waals surface area contributed by atoms with Crippen LogP contribution in [0.5, 0.6) is 11.5 Å². The Balaban J connectivity index is 1.79. The standard InChI is InChI=1S/C16H22N2O6S/c1-21-16(20)15(17)11(8-25-2)18-24-14(19)6-4-10-3-5-12-13(7-10)23-9-22-12/h3,5,7,11,15,18H,4,6,8-9,17H2,1-2H3/t11?,15-/m0/s1. The average molecular weight is 370 g/mol. The summed E-state index contributed by atoms with van der Waals surface area (Å²) in [5.41, 5.74) is 9.30. The molecule has 1 unspecified atom stereocenters. The fourth-order valence-electron chi connectivity index (χ4n) is 2.23. The Labute approximate surface area is 150 Å². The van der Waals surface area contributed by atoms with Crippen LogP contribution in [0.25, 0.3) is 0 Å². The van der Waals surface area contributed by atoms with Gasteiger partial charge in [0.05, 0.1) is 19.6 Å².